The summed E-state index contributed by atoms with van der Waals surface area (Å²) in [4.78, 5) is 3.82. The molecule has 1 saturated heterocycles. The molecule has 0 amide bonds. The second-order valence-corrected chi connectivity index (χ2v) is 6.83. The summed E-state index contributed by atoms with van der Waals surface area (Å²) in [5.74, 6) is 1.85. The molecule has 1 aliphatic heterocycles. The molecule has 1 heterocycles. The van der Waals surface area contributed by atoms with Gasteiger partial charge in [-0.1, -0.05) is 6.42 Å². The van der Waals surface area contributed by atoms with Crippen molar-refractivity contribution < 1.29 is 10.0 Å². The summed E-state index contributed by atoms with van der Waals surface area (Å²) >= 11 is 5.59. The van der Waals surface area contributed by atoms with Crippen LogP contribution in [-0.4, -0.2) is 60.5 Å². The van der Waals surface area contributed by atoms with Crippen molar-refractivity contribution in [1.29, 1.82) is 0 Å². The molecule has 0 unspecified atom stereocenters. The molecule has 19 heavy (non-hydrogen) atoms. The molecule has 0 spiro atoms. The monoisotopic (exact) mass is 284 g/mol. The van der Waals surface area contributed by atoms with Crippen molar-refractivity contribution in [2.75, 3.05) is 39.3 Å². The van der Waals surface area contributed by atoms with Crippen molar-refractivity contribution in [3.63, 3.8) is 0 Å². The second kappa shape index (κ2) is 5.94. The molecular weight excluding hydrogens is 258 g/mol. The average molecular weight is 284 g/mol. The number of piperazine rings is 1. The van der Waals surface area contributed by atoms with E-state index in [0.717, 1.165) is 49.7 Å². The highest BCUT2D eigenvalue weighted by Crippen LogP contribution is 2.44. The summed E-state index contributed by atoms with van der Waals surface area (Å²) in [6.45, 7) is 5.42. The predicted octanol–water partition coefficient (Wildman–Crippen LogP) is -0.758. The van der Waals surface area contributed by atoms with Crippen LogP contribution in [0, 0.1) is 11.8 Å². The number of nitrogens with one attached hydrogen (secondary N) is 2. The Hall–Kier alpha value is -0.390. The molecule has 2 bridgehead atoms. The first kappa shape index (κ1) is 13.6. The number of nitrogens with zero attached hydrogens (tertiary/aromatic N) is 1. The largest absolute Gasteiger partial charge is 0.391 e. The highest BCUT2D eigenvalue weighted by Gasteiger charge is 2.40. The van der Waals surface area contributed by atoms with E-state index < -0.39 is 0 Å². The summed E-state index contributed by atoms with van der Waals surface area (Å²) in [6.07, 6.45) is 5.60. The summed E-state index contributed by atoms with van der Waals surface area (Å²) in [5.41, 5.74) is 0. The third-order valence-corrected chi connectivity index (χ3v) is 5.65. The quantitative estimate of drug-likeness (QED) is 0.596. The highest BCUT2D eigenvalue weighted by atomic mass is 32.1. The van der Waals surface area contributed by atoms with Crippen LogP contribution in [0.2, 0.25) is 0 Å². The first-order valence-electron chi connectivity index (χ1n) is 7.76. The van der Waals surface area contributed by atoms with Crippen LogP contribution in [0.15, 0.2) is 0 Å². The van der Waals surface area contributed by atoms with Gasteiger partial charge in [0.15, 0.2) is 5.11 Å². The standard InChI is InChI=1S/C14H25N3OS/c18-8-7-16-3-5-17(6-4-16)14(19)15-13-10-11-1-2-12(13)9-11/h11-13,18H,1-10H2,(H,15,19)/p+1/t11-,12+,13-/m0/s1. The first-order valence-corrected chi connectivity index (χ1v) is 8.17. The van der Waals surface area contributed by atoms with Gasteiger partial charge in [-0.05, 0) is 43.3 Å². The normalized spacial score (nSPS) is 34.8. The molecule has 3 atom stereocenters. The number of aliphatic hydroxyl groups is 1. The van der Waals surface area contributed by atoms with Gasteiger partial charge in [-0.15, -0.1) is 0 Å². The van der Waals surface area contributed by atoms with Crippen LogP contribution in [0.4, 0.5) is 0 Å². The molecule has 3 N–H and O–H groups in total. The Kier molecular flexibility index (Phi) is 4.24. The van der Waals surface area contributed by atoms with Gasteiger partial charge in [0.05, 0.1) is 32.8 Å². The van der Waals surface area contributed by atoms with E-state index in [4.69, 9.17) is 17.3 Å². The Labute approximate surface area is 121 Å². The number of rotatable bonds is 3. The van der Waals surface area contributed by atoms with E-state index in [9.17, 15) is 0 Å². The molecule has 3 fully saturated rings. The number of hydrogen-bond donors (Lipinski definition) is 3. The molecule has 2 saturated carbocycles. The summed E-state index contributed by atoms with van der Waals surface area (Å²) < 4.78 is 0. The van der Waals surface area contributed by atoms with Crippen LogP contribution < -0.4 is 10.2 Å². The number of hydrogen-bond acceptors (Lipinski definition) is 2. The van der Waals surface area contributed by atoms with E-state index in [1.165, 1.54) is 30.6 Å². The van der Waals surface area contributed by atoms with E-state index in [1.54, 1.807) is 0 Å². The lowest BCUT2D eigenvalue weighted by molar-refractivity contribution is -0.904. The molecule has 4 nitrogen and oxygen atoms in total. The van der Waals surface area contributed by atoms with Crippen molar-refractivity contribution in [3.8, 4) is 0 Å². The second-order valence-electron chi connectivity index (χ2n) is 6.44. The molecule has 0 aromatic heterocycles. The number of fused-ring (bicyclic) bond motifs is 2. The topological polar surface area (TPSA) is 39.9 Å². The van der Waals surface area contributed by atoms with Gasteiger partial charge >= 0.3 is 0 Å². The zero-order valence-electron chi connectivity index (χ0n) is 11.6. The van der Waals surface area contributed by atoms with E-state index in [-0.39, 0.29) is 0 Å². The minimum atomic E-state index is 0.295. The van der Waals surface area contributed by atoms with Gasteiger partial charge in [-0.2, -0.15) is 0 Å². The highest BCUT2D eigenvalue weighted by molar-refractivity contribution is 7.80. The average Bonchev–Trinajstić information content (AvgIpc) is 3.02. The molecule has 108 valence electrons. The fourth-order valence-corrected chi connectivity index (χ4v) is 4.44. The Morgan fingerprint density at radius 2 is 2.05 bits per heavy atom. The maximum absolute atomic E-state index is 8.97. The summed E-state index contributed by atoms with van der Waals surface area (Å²) in [6, 6.07) is 0.647. The Morgan fingerprint density at radius 1 is 1.26 bits per heavy atom. The Bertz CT molecular complexity index is 331. The van der Waals surface area contributed by atoms with Gasteiger partial charge in [-0.25, -0.2) is 0 Å². The molecule has 0 aromatic rings. The lowest BCUT2D eigenvalue weighted by atomic mass is 9.95. The van der Waals surface area contributed by atoms with E-state index in [0.29, 0.717) is 12.6 Å². The van der Waals surface area contributed by atoms with Crippen LogP contribution in [-0.2, 0) is 0 Å². The van der Waals surface area contributed by atoms with E-state index >= 15 is 0 Å². The molecule has 0 radical (unpaired) electrons. The summed E-state index contributed by atoms with van der Waals surface area (Å²) in [5, 5.41) is 13.6. The smallest absolute Gasteiger partial charge is 0.169 e. The molecular formula is C14H26N3OS+. The van der Waals surface area contributed by atoms with Gasteiger partial charge in [-0.3, -0.25) is 0 Å². The molecule has 0 aromatic carbocycles. The number of quaternary nitrogens is 1. The molecule has 3 aliphatic rings. The molecule has 2 aliphatic carbocycles. The van der Waals surface area contributed by atoms with Crippen molar-refractivity contribution in [2.45, 2.75) is 31.7 Å². The van der Waals surface area contributed by atoms with E-state index in [2.05, 4.69) is 10.2 Å². The maximum atomic E-state index is 8.97. The predicted molar refractivity (Wildman–Crippen MR) is 79.2 cm³/mol. The number of aliphatic hydroxyl groups excluding tert-OH is 1. The van der Waals surface area contributed by atoms with Crippen molar-refractivity contribution in [2.24, 2.45) is 11.8 Å². The van der Waals surface area contributed by atoms with Crippen LogP contribution in [0.5, 0.6) is 0 Å². The Balaban J connectivity index is 1.44. The minimum absolute atomic E-state index is 0.295. The van der Waals surface area contributed by atoms with Crippen LogP contribution >= 0.6 is 12.2 Å². The SMILES string of the molecule is OCC[NH+]1CCN(C(=S)N[C@H]2C[C@H]3CC[C@@H]2C3)CC1. The summed E-state index contributed by atoms with van der Waals surface area (Å²) in [7, 11) is 0. The van der Waals surface area contributed by atoms with Crippen LogP contribution in [0.25, 0.3) is 0 Å². The van der Waals surface area contributed by atoms with Crippen molar-refractivity contribution in [1.82, 2.24) is 10.2 Å². The third kappa shape index (κ3) is 3.03. The Morgan fingerprint density at radius 3 is 2.63 bits per heavy atom. The van der Waals surface area contributed by atoms with Gasteiger partial charge < -0.3 is 20.2 Å². The zero-order valence-corrected chi connectivity index (χ0v) is 12.4. The van der Waals surface area contributed by atoms with Gasteiger partial charge in [0.25, 0.3) is 0 Å². The lowest BCUT2D eigenvalue weighted by Crippen LogP contribution is -3.15. The third-order valence-electron chi connectivity index (χ3n) is 5.27. The zero-order chi connectivity index (χ0) is 13.2. The molecule has 5 heteroatoms. The maximum Gasteiger partial charge on any atom is 0.169 e. The number of thiocarbonyl (C=S) groups is 1. The fourth-order valence-electron chi connectivity index (χ4n) is 4.11. The van der Waals surface area contributed by atoms with Crippen LogP contribution in [0.3, 0.4) is 0 Å². The van der Waals surface area contributed by atoms with Gasteiger partial charge in [0, 0.05) is 6.04 Å². The van der Waals surface area contributed by atoms with Crippen LogP contribution in [0.1, 0.15) is 25.7 Å². The van der Waals surface area contributed by atoms with E-state index in [1.807, 2.05) is 0 Å². The fraction of sp³-hybridized carbons (Fsp3) is 0.929. The van der Waals surface area contributed by atoms with Crippen molar-refractivity contribution >= 4 is 17.3 Å². The van der Waals surface area contributed by atoms with Gasteiger partial charge in [0.2, 0.25) is 0 Å². The minimum Gasteiger partial charge on any atom is -0.391 e. The van der Waals surface area contributed by atoms with Crippen molar-refractivity contribution in [3.05, 3.63) is 0 Å². The lowest BCUT2D eigenvalue weighted by Gasteiger charge is -2.35. The molecule has 3 rings (SSSR count). The van der Waals surface area contributed by atoms with Gasteiger partial charge in [0.1, 0.15) is 6.54 Å². The first-order chi connectivity index (χ1) is 9.26.